The molecule has 0 aromatic heterocycles. The molecule has 4 aliphatic carbocycles. The van der Waals surface area contributed by atoms with Gasteiger partial charge in [-0.25, -0.2) is 0 Å². The number of aliphatic hydroxyl groups excluding tert-OH is 1. The van der Waals surface area contributed by atoms with Gasteiger partial charge in [-0.15, -0.1) is 0 Å². The molecule has 0 aromatic carbocycles. The summed E-state index contributed by atoms with van der Waals surface area (Å²) in [6.45, 7) is 16.7. The lowest BCUT2D eigenvalue weighted by Crippen LogP contribution is -2.53. The molecule has 0 spiro atoms. The van der Waals surface area contributed by atoms with Gasteiger partial charge in [0.2, 0.25) is 0 Å². The molecule has 0 aromatic rings. The van der Waals surface area contributed by atoms with Crippen molar-refractivity contribution in [3.05, 3.63) is 34.9 Å². The van der Waals surface area contributed by atoms with Crippen LogP contribution in [-0.2, 0) is 4.79 Å². The van der Waals surface area contributed by atoms with E-state index in [2.05, 4.69) is 59.8 Å². The van der Waals surface area contributed by atoms with Crippen molar-refractivity contribution >= 4 is 5.78 Å². The number of hydrogen-bond acceptors (Lipinski definition) is 2. The summed E-state index contributed by atoms with van der Waals surface area (Å²) < 4.78 is 0. The average molecular weight is 439 g/mol. The molecule has 2 heteroatoms. The lowest BCUT2D eigenvalue weighted by atomic mass is 9.44. The summed E-state index contributed by atoms with van der Waals surface area (Å²) in [6, 6.07) is 0. The quantitative estimate of drug-likeness (QED) is 0.453. The van der Waals surface area contributed by atoms with Crippen LogP contribution >= 0.6 is 0 Å². The third kappa shape index (κ3) is 3.26. The topological polar surface area (TPSA) is 37.3 Å². The minimum absolute atomic E-state index is 0.141. The second-order valence-electron chi connectivity index (χ2n) is 12.9. The third-order valence-electron chi connectivity index (χ3n) is 11.1. The van der Waals surface area contributed by atoms with Crippen LogP contribution in [0.3, 0.4) is 0 Å². The molecule has 178 valence electrons. The summed E-state index contributed by atoms with van der Waals surface area (Å²) in [5.41, 5.74) is 4.80. The van der Waals surface area contributed by atoms with Crippen LogP contribution in [0.4, 0.5) is 0 Å². The van der Waals surface area contributed by atoms with Crippen molar-refractivity contribution in [2.75, 3.05) is 6.61 Å². The van der Waals surface area contributed by atoms with Gasteiger partial charge < -0.3 is 5.11 Å². The van der Waals surface area contributed by atoms with Crippen molar-refractivity contribution in [2.45, 2.75) is 99.8 Å². The highest BCUT2D eigenvalue weighted by Gasteiger charge is 2.63. The van der Waals surface area contributed by atoms with Gasteiger partial charge in [0, 0.05) is 11.8 Å². The summed E-state index contributed by atoms with van der Waals surface area (Å²) in [7, 11) is 0. The van der Waals surface area contributed by atoms with E-state index in [4.69, 9.17) is 0 Å². The van der Waals surface area contributed by atoms with Gasteiger partial charge >= 0.3 is 0 Å². The Kier molecular flexibility index (Phi) is 5.97. The smallest absolute Gasteiger partial charge is 0.138 e. The van der Waals surface area contributed by atoms with Crippen LogP contribution in [0.15, 0.2) is 34.9 Å². The first-order valence-corrected chi connectivity index (χ1v) is 13.1. The van der Waals surface area contributed by atoms with Crippen LogP contribution in [0.25, 0.3) is 0 Å². The normalized spacial score (nSPS) is 41.9. The van der Waals surface area contributed by atoms with E-state index in [9.17, 15) is 9.90 Å². The first kappa shape index (κ1) is 24.0. The van der Waals surface area contributed by atoms with E-state index >= 15 is 0 Å². The third-order valence-corrected chi connectivity index (χ3v) is 11.1. The molecule has 0 bridgehead atoms. The van der Waals surface area contributed by atoms with E-state index in [0.29, 0.717) is 23.0 Å². The molecule has 4 aliphatic rings. The molecule has 0 unspecified atom stereocenters. The number of aliphatic hydroxyl groups is 1. The zero-order chi connectivity index (χ0) is 23.5. The number of carbonyl (C=O) groups is 1. The maximum atomic E-state index is 12.8. The molecule has 1 N–H and O–H groups in total. The van der Waals surface area contributed by atoms with Crippen molar-refractivity contribution in [1.29, 1.82) is 0 Å². The first-order chi connectivity index (χ1) is 14.9. The van der Waals surface area contributed by atoms with Gasteiger partial charge in [0.15, 0.2) is 0 Å². The van der Waals surface area contributed by atoms with Crippen LogP contribution in [-0.4, -0.2) is 17.5 Å². The predicted molar refractivity (Wildman–Crippen MR) is 133 cm³/mol. The molecular formula is C30H46O2. The average Bonchev–Trinajstić information content (AvgIpc) is 3.02. The fourth-order valence-corrected chi connectivity index (χ4v) is 8.62. The van der Waals surface area contributed by atoms with Gasteiger partial charge in [0.05, 0.1) is 6.61 Å². The van der Waals surface area contributed by atoms with Crippen LogP contribution in [0.2, 0.25) is 0 Å². The highest BCUT2D eigenvalue weighted by molar-refractivity contribution is 5.86. The Morgan fingerprint density at radius 1 is 1.16 bits per heavy atom. The lowest BCUT2D eigenvalue weighted by molar-refractivity contribution is -0.138. The van der Waals surface area contributed by atoms with Crippen molar-refractivity contribution in [3.8, 4) is 0 Å². The van der Waals surface area contributed by atoms with Crippen molar-refractivity contribution < 1.29 is 9.90 Å². The molecule has 0 amide bonds. The summed E-state index contributed by atoms with van der Waals surface area (Å²) in [5, 5.41) is 9.30. The van der Waals surface area contributed by atoms with E-state index in [-0.39, 0.29) is 22.9 Å². The summed E-state index contributed by atoms with van der Waals surface area (Å²) >= 11 is 0. The Morgan fingerprint density at radius 3 is 2.56 bits per heavy atom. The zero-order valence-corrected chi connectivity index (χ0v) is 21.7. The first-order valence-electron chi connectivity index (χ1n) is 13.1. The van der Waals surface area contributed by atoms with Crippen LogP contribution in [0, 0.1) is 39.4 Å². The number of ketones is 1. The van der Waals surface area contributed by atoms with E-state index in [1.165, 1.54) is 25.7 Å². The standard InChI is InChI=1S/C30H46O2/c1-20(19-31)9-8-10-21(2)22-13-17-30(7)24-11-12-25-27(3,4)26(32)15-16-28(25,5)23(24)14-18-29(22,30)6/h9,11,14,21-22,25,31H,8,10,12-13,15-19H2,1-7H3/b20-9+/t21-,22-,25+,28-,29-,30+/m1/s1. The number of Topliss-reactive ketones (excluding diaryl/α,β-unsaturated/α-hetero) is 1. The minimum atomic E-state index is -0.218. The molecule has 4 rings (SSSR count). The molecule has 6 atom stereocenters. The minimum Gasteiger partial charge on any atom is -0.392 e. The SMILES string of the molecule is C/C(=C\CC[C@@H](C)[C@H]1CC[C@@]2(C)C3=CC[C@H]4C(C)(C)C(=O)CC[C@]4(C)C3=CC[C@]12C)CO. The van der Waals surface area contributed by atoms with Crippen molar-refractivity contribution in [3.63, 3.8) is 0 Å². The maximum Gasteiger partial charge on any atom is 0.138 e. The molecule has 2 fully saturated rings. The molecule has 0 radical (unpaired) electrons. The van der Waals surface area contributed by atoms with E-state index in [1.807, 2.05) is 6.92 Å². The molecule has 0 aliphatic heterocycles. The van der Waals surface area contributed by atoms with Crippen molar-refractivity contribution in [2.24, 2.45) is 39.4 Å². The molecule has 32 heavy (non-hydrogen) atoms. The zero-order valence-electron chi connectivity index (χ0n) is 21.7. The number of hydrogen-bond donors (Lipinski definition) is 1. The molecular weight excluding hydrogens is 392 g/mol. The molecule has 0 heterocycles. The summed E-state index contributed by atoms with van der Waals surface area (Å²) in [5.74, 6) is 2.32. The van der Waals surface area contributed by atoms with Gasteiger partial charge in [0.1, 0.15) is 5.78 Å². The van der Waals surface area contributed by atoms with Gasteiger partial charge in [-0.2, -0.15) is 0 Å². The lowest BCUT2D eigenvalue weighted by Gasteiger charge is -2.59. The summed E-state index contributed by atoms with van der Waals surface area (Å²) in [4.78, 5) is 12.8. The van der Waals surface area contributed by atoms with Crippen LogP contribution < -0.4 is 0 Å². The second kappa shape index (κ2) is 7.97. The molecule has 0 saturated heterocycles. The van der Waals surface area contributed by atoms with E-state index in [0.717, 1.165) is 37.2 Å². The van der Waals surface area contributed by atoms with Crippen LogP contribution in [0.5, 0.6) is 0 Å². The van der Waals surface area contributed by atoms with Crippen molar-refractivity contribution in [1.82, 2.24) is 0 Å². The van der Waals surface area contributed by atoms with Gasteiger partial charge in [-0.1, -0.05) is 65.3 Å². The number of allylic oxidation sites excluding steroid dienone is 5. The Labute approximate surface area is 196 Å². The monoisotopic (exact) mass is 438 g/mol. The van der Waals surface area contributed by atoms with E-state index in [1.54, 1.807) is 11.1 Å². The van der Waals surface area contributed by atoms with Gasteiger partial charge in [0.25, 0.3) is 0 Å². The Balaban J connectivity index is 1.63. The fraction of sp³-hybridized carbons (Fsp3) is 0.767. The Morgan fingerprint density at radius 2 is 1.88 bits per heavy atom. The van der Waals surface area contributed by atoms with E-state index < -0.39 is 0 Å². The molecule has 2 saturated carbocycles. The highest BCUT2D eigenvalue weighted by Crippen LogP contribution is 2.71. The number of fused-ring (bicyclic) bond motifs is 5. The highest BCUT2D eigenvalue weighted by atomic mass is 16.3. The Bertz CT molecular complexity index is 873. The van der Waals surface area contributed by atoms with Crippen LogP contribution in [0.1, 0.15) is 99.8 Å². The predicted octanol–water partition coefficient (Wildman–Crippen LogP) is 7.44. The summed E-state index contributed by atoms with van der Waals surface area (Å²) in [6.07, 6.45) is 16.3. The number of carbonyl (C=O) groups excluding carboxylic acids is 1. The Hall–Kier alpha value is -1.15. The molecule has 2 nitrogen and oxygen atoms in total. The van der Waals surface area contributed by atoms with Gasteiger partial charge in [-0.3, -0.25) is 4.79 Å². The largest absolute Gasteiger partial charge is 0.392 e. The second-order valence-corrected chi connectivity index (χ2v) is 12.9. The maximum absolute atomic E-state index is 12.8. The fourth-order valence-electron chi connectivity index (χ4n) is 8.62. The number of rotatable bonds is 5. The van der Waals surface area contributed by atoms with Gasteiger partial charge in [-0.05, 0) is 97.0 Å².